The smallest absolute Gasteiger partial charge is 0.407 e. The summed E-state index contributed by atoms with van der Waals surface area (Å²) in [4.78, 5) is 21.8. The van der Waals surface area contributed by atoms with E-state index in [9.17, 15) is 4.79 Å². The normalized spacial score (nSPS) is 21.9. The number of pyridine rings is 1. The van der Waals surface area contributed by atoms with Crippen LogP contribution >= 0.6 is 11.3 Å². The molecule has 1 amide bonds. The van der Waals surface area contributed by atoms with Gasteiger partial charge in [-0.3, -0.25) is 0 Å². The Kier molecular flexibility index (Phi) is 5.16. The predicted molar refractivity (Wildman–Crippen MR) is 116 cm³/mol. The third-order valence-electron chi connectivity index (χ3n) is 6.00. The number of likely N-dealkylation sites (tertiary alicyclic amines) is 1. The van der Waals surface area contributed by atoms with Crippen molar-refractivity contribution in [2.24, 2.45) is 0 Å². The molecular weight excluding hydrogens is 400 g/mol. The molecule has 8 heteroatoms. The molecule has 2 aromatic heterocycles. The van der Waals surface area contributed by atoms with Gasteiger partial charge in [0.1, 0.15) is 6.10 Å². The molecule has 1 aliphatic carbocycles. The average Bonchev–Trinajstić information content (AvgIpc) is 3.15. The first kappa shape index (κ1) is 19.1. The van der Waals surface area contributed by atoms with E-state index in [0.717, 1.165) is 41.9 Å². The number of hydrogen-bond donors (Lipinski definition) is 2. The zero-order chi connectivity index (χ0) is 20.5. The second kappa shape index (κ2) is 8.10. The second-order valence-corrected chi connectivity index (χ2v) is 9.01. The summed E-state index contributed by atoms with van der Waals surface area (Å²) in [5.74, 6) is 0.996. The van der Waals surface area contributed by atoms with Gasteiger partial charge in [0.15, 0.2) is 5.13 Å². The number of fused-ring (bicyclic) bond motifs is 1. The molecule has 1 saturated carbocycles. The van der Waals surface area contributed by atoms with Gasteiger partial charge >= 0.3 is 6.09 Å². The standard InChI is InChI=1S/C22H24N4O3S/c27-22(28)26-10-7-14(8-11-26)17-4-3-9-23-20(17)29-16-12-15(13-16)24-21-25-18-5-1-2-6-19(18)30-21/h1-6,9,14-16H,7-8,10-13H2,(H,24,25)(H,27,28)/t15-,16-. The van der Waals surface area contributed by atoms with Crippen LogP contribution in [0.2, 0.25) is 0 Å². The molecule has 2 aliphatic rings. The minimum Gasteiger partial charge on any atom is -0.474 e. The van der Waals surface area contributed by atoms with Gasteiger partial charge in [0.25, 0.3) is 0 Å². The van der Waals surface area contributed by atoms with Gasteiger partial charge in [0.05, 0.1) is 10.2 Å². The molecule has 1 aromatic carbocycles. The molecule has 5 rings (SSSR count). The fourth-order valence-corrected chi connectivity index (χ4v) is 5.18. The van der Waals surface area contributed by atoms with Crippen molar-refractivity contribution in [3.8, 4) is 5.88 Å². The van der Waals surface area contributed by atoms with E-state index in [0.29, 0.717) is 30.9 Å². The first-order valence-electron chi connectivity index (χ1n) is 10.4. The summed E-state index contributed by atoms with van der Waals surface area (Å²) in [6, 6.07) is 12.5. The number of para-hydroxylation sites is 1. The number of carboxylic acid groups (broad SMARTS) is 1. The highest BCUT2D eigenvalue weighted by atomic mass is 32.1. The van der Waals surface area contributed by atoms with Gasteiger partial charge in [-0.25, -0.2) is 14.8 Å². The quantitative estimate of drug-likeness (QED) is 0.624. The fraction of sp³-hybridized carbons (Fsp3) is 0.409. The summed E-state index contributed by atoms with van der Waals surface area (Å²) in [5.41, 5.74) is 2.13. The maximum atomic E-state index is 11.1. The molecule has 0 bridgehead atoms. The zero-order valence-corrected chi connectivity index (χ0v) is 17.3. The van der Waals surface area contributed by atoms with E-state index in [1.165, 1.54) is 9.60 Å². The molecule has 0 radical (unpaired) electrons. The monoisotopic (exact) mass is 424 g/mol. The lowest BCUT2D eigenvalue weighted by molar-refractivity contribution is 0.0995. The van der Waals surface area contributed by atoms with Crippen molar-refractivity contribution in [3.05, 3.63) is 48.2 Å². The van der Waals surface area contributed by atoms with Crippen molar-refractivity contribution in [1.82, 2.24) is 14.9 Å². The van der Waals surface area contributed by atoms with Crippen LogP contribution in [0.5, 0.6) is 5.88 Å². The molecule has 0 atom stereocenters. The third kappa shape index (κ3) is 3.92. The van der Waals surface area contributed by atoms with E-state index >= 15 is 0 Å². The zero-order valence-electron chi connectivity index (χ0n) is 16.5. The van der Waals surface area contributed by atoms with Gasteiger partial charge in [-0.1, -0.05) is 29.5 Å². The van der Waals surface area contributed by atoms with E-state index in [1.54, 1.807) is 17.5 Å². The number of hydrogen-bond acceptors (Lipinski definition) is 6. The molecule has 2 N–H and O–H groups in total. The maximum Gasteiger partial charge on any atom is 0.407 e. The van der Waals surface area contributed by atoms with Crippen molar-refractivity contribution in [2.45, 2.75) is 43.7 Å². The minimum absolute atomic E-state index is 0.143. The van der Waals surface area contributed by atoms with Crippen LogP contribution in [-0.4, -0.2) is 51.3 Å². The van der Waals surface area contributed by atoms with Crippen molar-refractivity contribution in [2.75, 3.05) is 18.4 Å². The minimum atomic E-state index is -0.836. The van der Waals surface area contributed by atoms with Crippen molar-refractivity contribution in [1.29, 1.82) is 0 Å². The summed E-state index contributed by atoms with van der Waals surface area (Å²) in [6.07, 6.45) is 4.52. The van der Waals surface area contributed by atoms with Crippen molar-refractivity contribution in [3.63, 3.8) is 0 Å². The number of nitrogens with zero attached hydrogens (tertiary/aromatic N) is 3. The number of carbonyl (C=O) groups is 1. The lowest BCUT2D eigenvalue weighted by atomic mass is 9.88. The van der Waals surface area contributed by atoms with E-state index in [2.05, 4.69) is 27.4 Å². The first-order valence-corrected chi connectivity index (χ1v) is 11.2. The Bertz CT molecular complexity index is 1010. The molecule has 1 aliphatic heterocycles. The van der Waals surface area contributed by atoms with Crippen LogP contribution in [0.3, 0.4) is 0 Å². The summed E-state index contributed by atoms with van der Waals surface area (Å²) in [7, 11) is 0. The molecule has 7 nitrogen and oxygen atoms in total. The fourth-order valence-electron chi connectivity index (χ4n) is 4.24. The number of amides is 1. The molecule has 0 unspecified atom stereocenters. The Labute approximate surface area is 178 Å². The van der Waals surface area contributed by atoms with Gasteiger partial charge in [-0.2, -0.15) is 0 Å². The molecule has 1 saturated heterocycles. The van der Waals surface area contributed by atoms with Gasteiger partial charge in [-0.15, -0.1) is 0 Å². The van der Waals surface area contributed by atoms with Crippen LogP contribution in [0.25, 0.3) is 10.2 Å². The third-order valence-corrected chi connectivity index (χ3v) is 6.97. The van der Waals surface area contributed by atoms with Crippen LogP contribution < -0.4 is 10.1 Å². The Morgan fingerprint density at radius 2 is 1.97 bits per heavy atom. The second-order valence-electron chi connectivity index (χ2n) is 7.98. The van der Waals surface area contributed by atoms with Gasteiger partial charge in [0, 0.05) is 43.7 Å². The summed E-state index contributed by atoms with van der Waals surface area (Å²) >= 11 is 1.68. The van der Waals surface area contributed by atoms with E-state index < -0.39 is 6.09 Å². The SMILES string of the molecule is O=C(O)N1CCC(c2cccnc2O[C@H]2C[C@H](Nc3nc4ccccc4s3)C2)CC1. The van der Waals surface area contributed by atoms with Crippen molar-refractivity contribution >= 4 is 32.8 Å². The Balaban J connectivity index is 1.17. The molecule has 2 fully saturated rings. The van der Waals surface area contributed by atoms with Gasteiger partial charge in [0.2, 0.25) is 5.88 Å². The maximum absolute atomic E-state index is 11.1. The van der Waals surface area contributed by atoms with E-state index in [1.807, 2.05) is 24.3 Å². The van der Waals surface area contributed by atoms with E-state index in [-0.39, 0.29) is 6.10 Å². The number of anilines is 1. The summed E-state index contributed by atoms with van der Waals surface area (Å²) < 4.78 is 7.43. The molecule has 30 heavy (non-hydrogen) atoms. The number of nitrogens with one attached hydrogen (secondary N) is 1. The largest absolute Gasteiger partial charge is 0.474 e. The Hall–Kier alpha value is -2.87. The van der Waals surface area contributed by atoms with Crippen LogP contribution in [-0.2, 0) is 0 Å². The van der Waals surface area contributed by atoms with Crippen LogP contribution in [0, 0.1) is 0 Å². The highest BCUT2D eigenvalue weighted by Crippen LogP contribution is 2.36. The van der Waals surface area contributed by atoms with Crippen molar-refractivity contribution < 1.29 is 14.6 Å². The molecular formula is C22H24N4O3S. The number of piperidine rings is 1. The number of aromatic nitrogens is 2. The highest BCUT2D eigenvalue weighted by Gasteiger charge is 2.33. The van der Waals surface area contributed by atoms with E-state index in [4.69, 9.17) is 9.84 Å². The Morgan fingerprint density at radius 3 is 2.73 bits per heavy atom. The molecule has 156 valence electrons. The lowest BCUT2D eigenvalue weighted by Crippen LogP contribution is -2.43. The van der Waals surface area contributed by atoms with Crippen LogP contribution in [0.15, 0.2) is 42.6 Å². The molecule has 3 heterocycles. The van der Waals surface area contributed by atoms with Gasteiger partial charge < -0.3 is 20.1 Å². The number of benzene rings is 1. The first-order chi connectivity index (χ1) is 14.7. The molecule has 3 aromatic rings. The lowest BCUT2D eigenvalue weighted by Gasteiger charge is -2.36. The van der Waals surface area contributed by atoms with Gasteiger partial charge in [-0.05, 0) is 37.0 Å². The molecule has 0 spiro atoms. The highest BCUT2D eigenvalue weighted by molar-refractivity contribution is 7.22. The topological polar surface area (TPSA) is 87.6 Å². The van der Waals surface area contributed by atoms with Crippen LogP contribution in [0.4, 0.5) is 9.93 Å². The number of ether oxygens (including phenoxy) is 1. The average molecular weight is 425 g/mol. The van der Waals surface area contributed by atoms with Crippen LogP contribution in [0.1, 0.15) is 37.2 Å². The Morgan fingerprint density at radius 1 is 1.17 bits per heavy atom. The number of rotatable bonds is 5. The number of thiazole rings is 1. The summed E-state index contributed by atoms with van der Waals surface area (Å²) in [6.45, 7) is 1.12. The predicted octanol–water partition coefficient (Wildman–Crippen LogP) is 4.57. The summed E-state index contributed by atoms with van der Waals surface area (Å²) in [5, 5.41) is 13.6.